The molecular formula is C22H27F13O4. The van der Waals surface area contributed by atoms with Crippen LogP contribution in [-0.2, 0) is 19.1 Å². The van der Waals surface area contributed by atoms with Crippen LogP contribution in [-0.4, -0.2) is 61.4 Å². The topological polar surface area (TPSA) is 52.6 Å². The molecule has 0 atom stereocenters. The van der Waals surface area contributed by atoms with Crippen molar-refractivity contribution in [1.29, 1.82) is 0 Å². The first-order valence-corrected chi connectivity index (χ1v) is 11.5. The Morgan fingerprint density at radius 3 is 1.36 bits per heavy atom. The zero-order valence-electron chi connectivity index (χ0n) is 20.5. The fraction of sp³-hybridized carbons (Fsp3) is 0.818. The zero-order chi connectivity index (χ0) is 30.8. The normalized spacial score (nSPS) is 14.1. The molecule has 0 aliphatic rings. The average Bonchev–Trinajstić information content (AvgIpc) is 2.81. The van der Waals surface area contributed by atoms with Crippen molar-refractivity contribution in [2.75, 3.05) is 13.7 Å². The largest absolute Gasteiger partial charge is 0.466 e. The summed E-state index contributed by atoms with van der Waals surface area (Å²) in [6.45, 7) is 0.0714. The first kappa shape index (κ1) is 36.8. The molecule has 4 nitrogen and oxygen atoms in total. The Bertz CT molecular complexity index is 808. The maximum Gasteiger partial charge on any atom is 0.460 e. The summed E-state index contributed by atoms with van der Waals surface area (Å²) in [6.07, 6.45) is -5.56. The van der Waals surface area contributed by atoms with Gasteiger partial charge in [-0.05, 0) is 12.8 Å². The number of esters is 2. The molecule has 0 saturated heterocycles. The van der Waals surface area contributed by atoms with Crippen LogP contribution in [0, 0.1) is 0 Å². The fourth-order valence-corrected chi connectivity index (χ4v) is 3.07. The Labute approximate surface area is 214 Å². The van der Waals surface area contributed by atoms with Crippen LogP contribution in [0.4, 0.5) is 57.1 Å². The molecule has 0 amide bonds. The smallest absolute Gasteiger partial charge is 0.460 e. The predicted octanol–water partition coefficient (Wildman–Crippen LogP) is 7.90. The van der Waals surface area contributed by atoms with Gasteiger partial charge in [-0.1, -0.05) is 44.9 Å². The lowest BCUT2D eigenvalue weighted by Gasteiger charge is -2.39. The third-order valence-corrected chi connectivity index (χ3v) is 5.43. The van der Waals surface area contributed by atoms with Crippen LogP contribution in [0.25, 0.3) is 0 Å². The number of methoxy groups -OCH3 is 1. The van der Waals surface area contributed by atoms with E-state index >= 15 is 0 Å². The minimum atomic E-state index is -7.87. The van der Waals surface area contributed by atoms with Crippen LogP contribution in [0.15, 0.2) is 12.2 Å². The van der Waals surface area contributed by atoms with Gasteiger partial charge in [-0.3, -0.25) is 0 Å². The maximum absolute atomic E-state index is 13.7. The lowest BCUT2D eigenvalue weighted by atomic mass is 9.91. The molecule has 0 N–H and O–H groups in total. The number of hydrogen-bond acceptors (Lipinski definition) is 4. The summed E-state index contributed by atoms with van der Waals surface area (Å²) in [5.74, 6) is -38.0. The summed E-state index contributed by atoms with van der Waals surface area (Å²) < 4.78 is 179. The molecule has 0 fully saturated rings. The predicted molar refractivity (Wildman–Crippen MR) is 109 cm³/mol. The molecule has 0 heterocycles. The van der Waals surface area contributed by atoms with Gasteiger partial charge in [0.15, 0.2) is 0 Å². The lowest BCUT2D eigenvalue weighted by Crippen LogP contribution is -2.70. The monoisotopic (exact) mass is 602 g/mol. The zero-order valence-corrected chi connectivity index (χ0v) is 20.5. The second-order valence-electron chi connectivity index (χ2n) is 8.46. The molecule has 39 heavy (non-hydrogen) atoms. The molecule has 0 aromatic rings. The molecule has 0 radical (unpaired) electrons. The van der Waals surface area contributed by atoms with Crippen molar-refractivity contribution in [3.8, 4) is 0 Å². The van der Waals surface area contributed by atoms with Gasteiger partial charge in [-0.25, -0.2) is 9.59 Å². The van der Waals surface area contributed by atoms with Crippen molar-refractivity contribution < 1.29 is 76.1 Å². The van der Waals surface area contributed by atoms with Crippen molar-refractivity contribution in [2.45, 2.75) is 100.0 Å². The van der Waals surface area contributed by atoms with E-state index in [4.69, 9.17) is 4.74 Å². The second-order valence-corrected chi connectivity index (χ2v) is 8.46. The highest BCUT2D eigenvalue weighted by molar-refractivity contribution is 5.91. The van der Waals surface area contributed by atoms with Gasteiger partial charge in [0.1, 0.15) is 0 Å². The van der Waals surface area contributed by atoms with Gasteiger partial charge >= 0.3 is 47.7 Å². The maximum atomic E-state index is 13.7. The van der Waals surface area contributed by atoms with Crippen molar-refractivity contribution in [1.82, 2.24) is 0 Å². The summed E-state index contributed by atoms with van der Waals surface area (Å²) in [5, 5.41) is 0. The molecular weight excluding hydrogens is 575 g/mol. The molecule has 17 heteroatoms. The van der Waals surface area contributed by atoms with Crippen LogP contribution >= 0.6 is 0 Å². The highest BCUT2D eigenvalue weighted by Gasteiger charge is 2.90. The highest BCUT2D eigenvalue weighted by atomic mass is 19.4. The fourth-order valence-electron chi connectivity index (χ4n) is 3.07. The van der Waals surface area contributed by atoms with E-state index in [1.54, 1.807) is 0 Å². The quantitative estimate of drug-likeness (QED) is 0.0693. The third-order valence-electron chi connectivity index (χ3n) is 5.43. The Hall–Kier alpha value is -2.23. The molecule has 0 spiro atoms. The number of rotatable bonds is 18. The molecule has 230 valence electrons. The molecule has 0 aliphatic heterocycles. The lowest BCUT2D eigenvalue weighted by molar-refractivity contribution is -0.440. The van der Waals surface area contributed by atoms with E-state index in [-0.39, 0.29) is 19.4 Å². The number of halogens is 13. The van der Waals surface area contributed by atoms with Crippen molar-refractivity contribution in [3.05, 3.63) is 12.2 Å². The molecule has 0 aromatic heterocycles. The molecule has 0 saturated carbocycles. The number of carbonyl (C=O) groups is 2. The first-order valence-electron chi connectivity index (χ1n) is 11.5. The number of hydrogen-bond donors (Lipinski definition) is 0. The van der Waals surface area contributed by atoms with Gasteiger partial charge in [0.05, 0.1) is 13.7 Å². The summed E-state index contributed by atoms with van der Waals surface area (Å²) in [6, 6.07) is 0. The van der Waals surface area contributed by atoms with Crippen LogP contribution in [0.1, 0.15) is 64.2 Å². The third kappa shape index (κ3) is 9.43. The van der Waals surface area contributed by atoms with Gasteiger partial charge in [0.25, 0.3) is 0 Å². The van der Waals surface area contributed by atoms with Gasteiger partial charge in [0.2, 0.25) is 0 Å². The minimum Gasteiger partial charge on any atom is -0.466 e. The van der Waals surface area contributed by atoms with Crippen molar-refractivity contribution in [2.24, 2.45) is 0 Å². The van der Waals surface area contributed by atoms with E-state index in [2.05, 4.69) is 4.74 Å². The summed E-state index contributed by atoms with van der Waals surface area (Å²) in [4.78, 5) is 22.1. The van der Waals surface area contributed by atoms with E-state index < -0.39 is 60.6 Å². The Balaban J connectivity index is 4.43. The average molecular weight is 602 g/mol. The number of ether oxygens (including phenoxy) is 2. The summed E-state index contributed by atoms with van der Waals surface area (Å²) in [7, 11) is 1.12. The summed E-state index contributed by atoms with van der Waals surface area (Å²) >= 11 is 0. The van der Waals surface area contributed by atoms with E-state index in [0.29, 0.717) is 38.5 Å². The van der Waals surface area contributed by atoms with Crippen LogP contribution in [0.2, 0.25) is 0 Å². The SMILES string of the molecule is COC(=O)C=CC(=O)OCCCCCCCCCCCC(F)(F)C(F)(F)C(F)(F)C(F)(F)C(F)(F)C(F)(F)F. The first-order chi connectivity index (χ1) is 17.6. The summed E-state index contributed by atoms with van der Waals surface area (Å²) in [5.41, 5.74) is 0. The van der Waals surface area contributed by atoms with E-state index in [1.807, 2.05) is 0 Å². The standard InChI is InChI=1S/C22H27F13O4/c1-38-15(36)11-12-16(37)39-14-10-8-6-4-2-3-5-7-9-13-17(23,24)18(25,26)19(27,28)20(29,30)21(31,32)22(33,34)35/h11-12H,2-10,13-14H2,1H3. The minimum absolute atomic E-state index is 0.0714. The van der Waals surface area contributed by atoms with E-state index in [1.165, 1.54) is 0 Å². The Morgan fingerprint density at radius 2 is 0.923 bits per heavy atom. The second kappa shape index (κ2) is 14.4. The molecule has 0 bridgehead atoms. The van der Waals surface area contributed by atoms with Crippen LogP contribution in [0.3, 0.4) is 0 Å². The highest BCUT2D eigenvalue weighted by Crippen LogP contribution is 2.60. The molecule has 0 aliphatic carbocycles. The molecule has 0 rings (SSSR count). The van der Waals surface area contributed by atoms with E-state index in [9.17, 15) is 66.7 Å². The van der Waals surface area contributed by atoms with Gasteiger partial charge in [0, 0.05) is 18.6 Å². The molecule has 0 aromatic carbocycles. The number of unbranched alkanes of at least 4 members (excludes halogenated alkanes) is 8. The van der Waals surface area contributed by atoms with Gasteiger partial charge < -0.3 is 9.47 Å². The number of alkyl halides is 13. The van der Waals surface area contributed by atoms with Gasteiger partial charge in [-0.2, -0.15) is 57.1 Å². The van der Waals surface area contributed by atoms with Crippen molar-refractivity contribution in [3.63, 3.8) is 0 Å². The van der Waals surface area contributed by atoms with Gasteiger partial charge in [-0.15, -0.1) is 0 Å². The van der Waals surface area contributed by atoms with Crippen LogP contribution < -0.4 is 0 Å². The number of carbonyl (C=O) groups excluding carboxylic acids is 2. The Morgan fingerprint density at radius 1 is 0.538 bits per heavy atom. The molecule has 0 unspecified atom stereocenters. The van der Waals surface area contributed by atoms with Crippen LogP contribution in [0.5, 0.6) is 0 Å². The van der Waals surface area contributed by atoms with Crippen molar-refractivity contribution >= 4 is 11.9 Å². The van der Waals surface area contributed by atoms with E-state index in [0.717, 1.165) is 19.3 Å². The Kier molecular flexibility index (Phi) is 13.6.